The minimum absolute atomic E-state index is 0.846. The Morgan fingerprint density at radius 2 is 0.500 bits per heavy atom. The van der Waals surface area contributed by atoms with Crippen LogP contribution in [0.4, 0.5) is 0 Å². The molecule has 0 aromatic heterocycles. The van der Waals surface area contributed by atoms with Crippen LogP contribution in [0.15, 0.2) is 0 Å². The number of ether oxygens (including phenoxy) is 19. The lowest BCUT2D eigenvalue weighted by molar-refractivity contribution is -0.399. The molecule has 706 valence electrons. The van der Waals surface area contributed by atoms with Gasteiger partial charge in [-0.3, -0.25) is 19.2 Å². The van der Waals surface area contributed by atoms with Crippen LogP contribution in [0.2, 0.25) is 0 Å². The van der Waals surface area contributed by atoms with Gasteiger partial charge in [-0.25, -0.2) is 0 Å². The van der Waals surface area contributed by atoms with Gasteiger partial charge in [0, 0.05) is 27.7 Å². The fourth-order valence-corrected chi connectivity index (χ4v) is 15.8. The van der Waals surface area contributed by atoms with E-state index in [2.05, 4.69) is 21.3 Å². The van der Waals surface area contributed by atoms with Crippen LogP contribution < -0.4 is 21.3 Å². The first-order valence-electron chi connectivity index (χ1n) is 39.0. The number of hydrogen-bond acceptors (Lipinski definition) is 50. The molecule has 54 nitrogen and oxygen atoms in total. The maximum Gasteiger partial charge on any atom is 0.217 e. The topological polar surface area (TPSA) is 838 Å². The Bertz CT molecular complexity index is 3290. The van der Waals surface area contributed by atoms with Crippen molar-refractivity contribution < 1.29 is 247 Å². The Morgan fingerprint density at radius 1 is 0.230 bits per heavy atom. The zero-order valence-electron chi connectivity index (χ0n) is 65.7. The lowest BCUT2D eigenvalue weighted by Crippen LogP contribution is -2.71. The third-order valence-electron chi connectivity index (χ3n) is 22.4. The molecule has 10 fully saturated rings. The van der Waals surface area contributed by atoms with E-state index in [4.69, 9.17) is 90.0 Å². The number of rotatable bonds is 31. The largest absolute Gasteiger partial charge is 0.394 e. The fourth-order valence-electron chi connectivity index (χ4n) is 15.8. The Labute approximate surface area is 691 Å². The summed E-state index contributed by atoms with van der Waals surface area (Å²) in [6.45, 7) is -4.83. The minimum atomic E-state index is -2.63. The van der Waals surface area contributed by atoms with E-state index in [0.29, 0.717) is 0 Å². The van der Waals surface area contributed by atoms with Gasteiger partial charge in [0.25, 0.3) is 0 Å². The molecule has 0 bridgehead atoms. The van der Waals surface area contributed by atoms with Crippen molar-refractivity contribution in [2.45, 2.75) is 341 Å². The van der Waals surface area contributed by atoms with Crippen LogP contribution in [0.5, 0.6) is 0 Å². The van der Waals surface area contributed by atoms with Crippen LogP contribution in [0.25, 0.3) is 0 Å². The number of amides is 4. The van der Waals surface area contributed by atoms with Crippen molar-refractivity contribution in [2.24, 2.45) is 0 Å². The van der Waals surface area contributed by atoms with E-state index in [-0.39, 0.29) is 0 Å². The molecule has 122 heavy (non-hydrogen) atoms. The van der Waals surface area contributed by atoms with Gasteiger partial charge in [0.05, 0.1) is 65.6 Å². The molecule has 10 aliphatic heterocycles. The average molecular weight is 1790 g/mol. The molecule has 10 heterocycles. The van der Waals surface area contributed by atoms with Gasteiger partial charge in [0.1, 0.15) is 238 Å². The van der Waals surface area contributed by atoms with Gasteiger partial charge in [0.15, 0.2) is 62.9 Å². The number of aliphatic hydroxyl groups excluding tert-OH is 27. The highest BCUT2D eigenvalue weighted by Crippen LogP contribution is 2.41. The highest BCUT2D eigenvalue weighted by molar-refractivity contribution is 5.74. The summed E-state index contributed by atoms with van der Waals surface area (Å²) in [6, 6.07) is -7.69. The van der Waals surface area contributed by atoms with Crippen LogP contribution in [0.3, 0.4) is 0 Å². The molecular weight excluding hydrogens is 1670 g/mol. The molecule has 0 saturated carbocycles. The van der Waals surface area contributed by atoms with Crippen molar-refractivity contribution in [3.05, 3.63) is 0 Å². The first-order valence-corrected chi connectivity index (χ1v) is 39.0. The average Bonchev–Trinajstić information content (AvgIpc) is 0.775. The van der Waals surface area contributed by atoms with E-state index in [9.17, 15) is 157 Å². The molecule has 31 N–H and O–H groups in total. The zero-order valence-corrected chi connectivity index (χ0v) is 65.7. The van der Waals surface area contributed by atoms with Crippen molar-refractivity contribution in [3.8, 4) is 0 Å². The monoisotopic (exact) mass is 1790 g/mol. The summed E-state index contributed by atoms with van der Waals surface area (Å²) in [5.41, 5.74) is 0. The van der Waals surface area contributed by atoms with Gasteiger partial charge in [0.2, 0.25) is 23.6 Å². The molecule has 10 saturated heterocycles. The Kier molecular flexibility index (Phi) is 35.8. The van der Waals surface area contributed by atoms with Crippen LogP contribution >= 0.6 is 0 Å². The Morgan fingerprint density at radius 3 is 0.893 bits per heavy atom. The first-order chi connectivity index (χ1) is 57.7. The molecule has 0 aliphatic carbocycles. The minimum Gasteiger partial charge on any atom is -0.394 e. The van der Waals surface area contributed by atoms with Crippen LogP contribution in [-0.2, 0) is 109 Å². The highest BCUT2D eigenvalue weighted by Gasteiger charge is 2.62. The van der Waals surface area contributed by atoms with Gasteiger partial charge in [-0.2, -0.15) is 0 Å². The van der Waals surface area contributed by atoms with Crippen molar-refractivity contribution >= 4 is 23.6 Å². The van der Waals surface area contributed by atoms with Gasteiger partial charge in [-0.1, -0.05) is 0 Å². The van der Waals surface area contributed by atoms with E-state index in [1.54, 1.807) is 0 Å². The third-order valence-corrected chi connectivity index (χ3v) is 22.4. The molecule has 0 spiro atoms. The summed E-state index contributed by atoms with van der Waals surface area (Å²) >= 11 is 0. The van der Waals surface area contributed by atoms with E-state index >= 15 is 0 Å². The smallest absolute Gasteiger partial charge is 0.217 e. The maximum absolute atomic E-state index is 13.3. The van der Waals surface area contributed by atoms with Crippen molar-refractivity contribution in [2.75, 3.05) is 59.5 Å². The quantitative estimate of drug-likeness (QED) is 0.0306. The van der Waals surface area contributed by atoms with E-state index in [0.717, 1.165) is 27.7 Å². The van der Waals surface area contributed by atoms with Crippen molar-refractivity contribution in [1.29, 1.82) is 0 Å². The third kappa shape index (κ3) is 22.0. The molecule has 0 radical (unpaired) electrons. The van der Waals surface area contributed by atoms with Crippen LogP contribution in [-0.4, -0.2) is 528 Å². The summed E-state index contributed by atoms with van der Waals surface area (Å²) in [5, 5.41) is 310. The molecule has 4 amide bonds. The molecule has 10 rings (SSSR count). The number of hydrogen-bond donors (Lipinski definition) is 31. The predicted molar refractivity (Wildman–Crippen MR) is 375 cm³/mol. The van der Waals surface area contributed by atoms with Crippen molar-refractivity contribution in [3.63, 3.8) is 0 Å². The summed E-state index contributed by atoms with van der Waals surface area (Å²) in [4.78, 5) is 51.6. The Hall–Kier alpha value is -3.96. The lowest BCUT2D eigenvalue weighted by atomic mass is 9.93. The molecule has 0 aromatic rings. The number of aliphatic hydroxyl groups is 27. The Balaban J connectivity index is 0.983. The maximum atomic E-state index is 13.3. The SMILES string of the molecule is CC(=O)N[C@@H]1[C@H](O[C@@H]2[C@@H](O[C@@H]3[C@H](O)[C@H](O[C@H]4[C@H](O)[C@@H](NC(C)=O)[C@H](O[C@H]5[C@H](O)[C@@H](NC(C)=O)[C@H](O)O[C@@H]5CO[C@@H]5O[C@@H](C)[C@@H](O)[C@@H](O)[C@@H]5O)O[C@@H]4CO)O[C@H](CO[C@H]4O[C@H](CO)[C@@H](O)[C@H](O)[C@@H]4O[C@@H]4O[C@H](CO)[C@@H](O[C@H]5O[C@H](CO)[C@H](O)[C@H](O)[C@H]5O)[C@H](O)[C@H]4NC(C)=O)[C@H]3O)O[C@H](CO)[C@@H](O)[C@@H]2O)O[C@H](CO)[C@@H](O[C@H]2O[C@H](CO)[C@H](O)[C@H](O)[C@H]2O)[C@@H]1O. The second-order valence-corrected chi connectivity index (χ2v) is 31.0. The number of nitrogens with one attached hydrogen (secondary N) is 4. The van der Waals surface area contributed by atoms with Gasteiger partial charge in [-0.15, -0.1) is 0 Å². The molecule has 50 atom stereocenters. The summed E-state index contributed by atoms with van der Waals surface area (Å²) in [5.74, 6) is -3.76. The fraction of sp³-hybridized carbons (Fsp3) is 0.941. The first kappa shape index (κ1) is 100. The van der Waals surface area contributed by atoms with Gasteiger partial charge >= 0.3 is 0 Å². The summed E-state index contributed by atoms with van der Waals surface area (Å²) in [6.07, 6.45) is -95.2. The lowest BCUT2D eigenvalue weighted by Gasteiger charge is -2.51. The van der Waals surface area contributed by atoms with Gasteiger partial charge < -0.3 is 249 Å². The van der Waals surface area contributed by atoms with Gasteiger partial charge in [-0.05, 0) is 6.92 Å². The normalized spacial score (nSPS) is 49.7. The standard InChI is InChI=1S/C68H114N4O50/c1-15-33(84)43(94)48(99)63(106-15)104-14-28-55(39(90)29(59(103)107-28)69-16(2)80)116-60-30(70-17(3)81)40(91)54(26(12-79)112-60)119-66-51(102)56(120-68-58(47(98)37(88)23(9-76)111-68)122-62-32(72-19(5)83)42(93)53(25(11-78)114-62)118-65-50(101)45(96)35(86)21(7-74)109-65)38(89)27(115-66)13-105-67-57(46(97)36(87)22(8-75)110-67)121-61-31(71-18(4)82)41(92)52(24(10-77)113-61)117-64-49(100)44(95)34(85)20(6-73)108-64/h15,20-68,73-79,84-103H,6-14H2,1-5H3,(H,69,80)(H,70,81)(H,71,82)(H,72,83)/t15-,20+,21+,22+,23+,24+,25+,26+,27+,28+,29+,30+,31+,32-,33+,34-,35-,36+,37+,38+,39+,40+,41+,42+,43+,44-,45-,46-,47-,48-,49+,50+,51-,52+,53+,54+,55+,56-,57-,58-,59+,60-,61-,62-,63+,64+,65+,66-,67-,68+/m0/s1. The van der Waals surface area contributed by atoms with Crippen LogP contribution in [0, 0.1) is 0 Å². The van der Waals surface area contributed by atoms with Crippen molar-refractivity contribution in [1.82, 2.24) is 21.3 Å². The predicted octanol–water partition coefficient (Wildman–Crippen LogP) is -21.2. The zero-order chi connectivity index (χ0) is 89.8. The molecular formula is C68H114N4O50. The van der Waals surface area contributed by atoms with E-state index in [1.165, 1.54) is 6.92 Å². The second kappa shape index (κ2) is 43.6. The molecule has 10 aliphatic rings. The molecule has 0 unspecified atom stereocenters. The molecule has 0 aromatic carbocycles. The number of carbonyl (C=O) groups excluding carboxylic acids is 4. The van der Waals surface area contributed by atoms with E-state index < -0.39 is 390 Å². The van der Waals surface area contributed by atoms with E-state index in [1.807, 2.05) is 0 Å². The van der Waals surface area contributed by atoms with Crippen LogP contribution in [0.1, 0.15) is 34.6 Å². The highest BCUT2D eigenvalue weighted by atomic mass is 16.8. The molecule has 54 heteroatoms. The summed E-state index contributed by atoms with van der Waals surface area (Å²) in [7, 11) is 0. The summed E-state index contributed by atoms with van der Waals surface area (Å²) < 4.78 is 113. The number of carbonyl (C=O) groups is 4. The second-order valence-electron chi connectivity index (χ2n) is 31.0.